The molecule has 0 radical (unpaired) electrons. The molecule has 142 valence electrons. The molecule has 1 N–H and O–H groups in total. The van der Waals surface area contributed by atoms with E-state index in [9.17, 15) is 18.0 Å². The molecule has 7 nitrogen and oxygen atoms in total. The standard InChI is InChI=1S/C18H24N2O5S/c21-17(22)13-20(15-8-9-15)18(23)14-6-5-7-16(12-14)26(24,25)19-10-3-1-2-4-11-19/h5-7,12,15H,1-4,8-11,13H2,(H,21,22). The van der Waals surface area contributed by atoms with Crippen LogP contribution >= 0.6 is 0 Å². The van der Waals surface area contributed by atoms with Crippen LogP contribution in [0.25, 0.3) is 0 Å². The fourth-order valence-corrected chi connectivity index (χ4v) is 4.85. The van der Waals surface area contributed by atoms with Gasteiger partial charge in [0, 0.05) is 24.7 Å². The molecular formula is C18H24N2O5S. The quantitative estimate of drug-likeness (QED) is 0.814. The molecule has 2 aliphatic rings. The number of hydrogen-bond acceptors (Lipinski definition) is 4. The number of carbonyl (C=O) groups excluding carboxylic acids is 1. The lowest BCUT2D eigenvalue weighted by molar-refractivity contribution is -0.137. The predicted molar refractivity (Wildman–Crippen MR) is 95.4 cm³/mol. The van der Waals surface area contributed by atoms with Gasteiger partial charge in [0.05, 0.1) is 4.90 Å². The summed E-state index contributed by atoms with van der Waals surface area (Å²) in [6.07, 6.45) is 5.29. The summed E-state index contributed by atoms with van der Waals surface area (Å²) in [7, 11) is -3.65. The topological polar surface area (TPSA) is 95.0 Å². The fourth-order valence-electron chi connectivity index (χ4n) is 3.29. The Bertz CT molecular complexity index is 781. The van der Waals surface area contributed by atoms with E-state index in [0.717, 1.165) is 38.5 Å². The number of hydrogen-bond donors (Lipinski definition) is 1. The Balaban J connectivity index is 1.85. The highest BCUT2D eigenvalue weighted by Crippen LogP contribution is 2.29. The normalized spacial score (nSPS) is 18.9. The lowest BCUT2D eigenvalue weighted by Gasteiger charge is -2.22. The smallest absolute Gasteiger partial charge is 0.323 e. The molecule has 1 saturated carbocycles. The lowest BCUT2D eigenvalue weighted by Crippen LogP contribution is -2.37. The molecule has 8 heteroatoms. The van der Waals surface area contributed by atoms with Crippen LogP contribution in [0.5, 0.6) is 0 Å². The Labute approximate surface area is 153 Å². The van der Waals surface area contributed by atoms with E-state index in [2.05, 4.69) is 0 Å². The van der Waals surface area contributed by atoms with Gasteiger partial charge in [-0.2, -0.15) is 4.31 Å². The van der Waals surface area contributed by atoms with Crippen LogP contribution in [0.15, 0.2) is 29.2 Å². The molecule has 0 atom stereocenters. The molecule has 1 aliphatic carbocycles. The van der Waals surface area contributed by atoms with Gasteiger partial charge in [-0.15, -0.1) is 0 Å². The van der Waals surface area contributed by atoms with E-state index in [1.165, 1.54) is 21.3 Å². The first-order valence-electron chi connectivity index (χ1n) is 9.02. The third-order valence-electron chi connectivity index (χ3n) is 4.84. The molecule has 1 amide bonds. The number of carboxylic acid groups (broad SMARTS) is 1. The van der Waals surface area contributed by atoms with Crippen LogP contribution in [0, 0.1) is 0 Å². The molecule has 26 heavy (non-hydrogen) atoms. The molecule has 1 aromatic rings. The van der Waals surface area contributed by atoms with Gasteiger partial charge >= 0.3 is 5.97 Å². The summed E-state index contributed by atoms with van der Waals surface area (Å²) in [5.74, 6) is -1.50. The number of amides is 1. The van der Waals surface area contributed by atoms with E-state index < -0.39 is 21.9 Å². The monoisotopic (exact) mass is 380 g/mol. The highest BCUT2D eigenvalue weighted by atomic mass is 32.2. The maximum Gasteiger partial charge on any atom is 0.323 e. The van der Waals surface area contributed by atoms with Gasteiger partial charge in [-0.1, -0.05) is 18.9 Å². The number of rotatable bonds is 6. The highest BCUT2D eigenvalue weighted by Gasteiger charge is 2.35. The van der Waals surface area contributed by atoms with E-state index in [4.69, 9.17) is 5.11 Å². The average Bonchev–Trinajstić information content (AvgIpc) is 3.45. The zero-order valence-corrected chi connectivity index (χ0v) is 15.5. The minimum absolute atomic E-state index is 0.0653. The first-order chi connectivity index (χ1) is 12.4. The summed E-state index contributed by atoms with van der Waals surface area (Å²) in [6.45, 7) is 0.619. The molecule has 1 saturated heterocycles. The Morgan fingerprint density at radius 1 is 1.12 bits per heavy atom. The van der Waals surface area contributed by atoms with E-state index in [1.54, 1.807) is 12.1 Å². The lowest BCUT2D eigenvalue weighted by atomic mass is 10.2. The third-order valence-corrected chi connectivity index (χ3v) is 6.73. The molecular weight excluding hydrogens is 356 g/mol. The Hall–Kier alpha value is -1.93. The van der Waals surface area contributed by atoms with Crippen LogP contribution in [0.2, 0.25) is 0 Å². The largest absolute Gasteiger partial charge is 0.480 e. The van der Waals surface area contributed by atoms with Crippen molar-refractivity contribution in [2.45, 2.75) is 49.5 Å². The van der Waals surface area contributed by atoms with Gasteiger partial charge in [-0.25, -0.2) is 8.42 Å². The van der Waals surface area contributed by atoms with Crippen LogP contribution in [0.1, 0.15) is 48.9 Å². The van der Waals surface area contributed by atoms with Gasteiger partial charge in [0.25, 0.3) is 5.91 Å². The van der Waals surface area contributed by atoms with Gasteiger partial charge in [-0.3, -0.25) is 9.59 Å². The van der Waals surface area contributed by atoms with Crippen molar-refractivity contribution >= 4 is 21.9 Å². The number of nitrogens with zero attached hydrogens (tertiary/aromatic N) is 2. The second kappa shape index (κ2) is 7.75. The Kier molecular flexibility index (Phi) is 5.62. The second-order valence-electron chi connectivity index (χ2n) is 6.90. The van der Waals surface area contributed by atoms with Crippen LogP contribution in [-0.4, -0.2) is 60.3 Å². The van der Waals surface area contributed by atoms with Crippen molar-refractivity contribution in [2.24, 2.45) is 0 Å². The molecule has 0 aromatic heterocycles. The van der Waals surface area contributed by atoms with Crippen molar-refractivity contribution in [3.05, 3.63) is 29.8 Å². The molecule has 0 unspecified atom stereocenters. The summed E-state index contributed by atoms with van der Waals surface area (Å²) in [6, 6.07) is 5.89. The van der Waals surface area contributed by atoms with Crippen molar-refractivity contribution in [2.75, 3.05) is 19.6 Å². The molecule has 0 bridgehead atoms. The van der Waals surface area contributed by atoms with Gasteiger partial charge in [0.2, 0.25) is 10.0 Å². The van der Waals surface area contributed by atoms with Crippen molar-refractivity contribution in [1.82, 2.24) is 9.21 Å². The maximum atomic E-state index is 12.9. The number of carboxylic acids is 1. The molecule has 1 aliphatic heterocycles. The summed E-state index contributed by atoms with van der Waals surface area (Å²) < 4.78 is 27.3. The first-order valence-corrected chi connectivity index (χ1v) is 10.5. The zero-order chi connectivity index (χ0) is 18.7. The minimum atomic E-state index is -3.65. The Morgan fingerprint density at radius 3 is 2.35 bits per heavy atom. The fraction of sp³-hybridized carbons (Fsp3) is 0.556. The van der Waals surface area contributed by atoms with Crippen molar-refractivity contribution in [3.63, 3.8) is 0 Å². The average molecular weight is 380 g/mol. The van der Waals surface area contributed by atoms with Crippen LogP contribution < -0.4 is 0 Å². The minimum Gasteiger partial charge on any atom is -0.480 e. The van der Waals surface area contributed by atoms with Crippen molar-refractivity contribution in [1.29, 1.82) is 0 Å². The second-order valence-corrected chi connectivity index (χ2v) is 8.84. The van der Waals surface area contributed by atoms with E-state index in [0.29, 0.717) is 13.1 Å². The van der Waals surface area contributed by atoms with Crippen LogP contribution in [0.4, 0.5) is 0 Å². The maximum absolute atomic E-state index is 12.9. The van der Waals surface area contributed by atoms with Crippen molar-refractivity contribution < 1.29 is 23.1 Å². The van der Waals surface area contributed by atoms with Crippen LogP contribution in [-0.2, 0) is 14.8 Å². The van der Waals surface area contributed by atoms with Gasteiger partial charge in [0.1, 0.15) is 6.54 Å². The number of sulfonamides is 1. The molecule has 1 aromatic carbocycles. The zero-order valence-electron chi connectivity index (χ0n) is 14.6. The SMILES string of the molecule is O=C(O)CN(C(=O)c1cccc(S(=O)(=O)N2CCCCCC2)c1)C1CC1. The molecule has 1 heterocycles. The number of benzene rings is 1. The van der Waals surface area contributed by atoms with E-state index >= 15 is 0 Å². The van der Waals surface area contributed by atoms with Crippen molar-refractivity contribution in [3.8, 4) is 0 Å². The highest BCUT2D eigenvalue weighted by molar-refractivity contribution is 7.89. The van der Waals surface area contributed by atoms with E-state index in [-0.39, 0.29) is 23.0 Å². The predicted octanol–water partition coefficient (Wildman–Crippen LogP) is 1.94. The Morgan fingerprint density at radius 2 is 1.77 bits per heavy atom. The van der Waals surface area contributed by atoms with Gasteiger partial charge < -0.3 is 10.0 Å². The third kappa shape index (κ3) is 4.24. The van der Waals surface area contributed by atoms with Gasteiger partial charge in [-0.05, 0) is 43.9 Å². The number of aliphatic carboxylic acids is 1. The summed E-state index contributed by atoms with van der Waals surface area (Å²) in [5.41, 5.74) is 0.217. The summed E-state index contributed by atoms with van der Waals surface area (Å²) in [4.78, 5) is 25.2. The molecule has 0 spiro atoms. The van der Waals surface area contributed by atoms with Gasteiger partial charge in [0.15, 0.2) is 0 Å². The molecule has 2 fully saturated rings. The van der Waals surface area contributed by atoms with E-state index in [1.807, 2.05) is 0 Å². The number of carbonyl (C=O) groups is 2. The first kappa shape index (κ1) is 18.8. The molecule has 3 rings (SSSR count). The summed E-state index contributed by atoms with van der Waals surface area (Å²) in [5, 5.41) is 9.04. The summed E-state index contributed by atoms with van der Waals surface area (Å²) >= 11 is 0. The van der Waals surface area contributed by atoms with Crippen LogP contribution in [0.3, 0.4) is 0 Å².